The van der Waals surface area contributed by atoms with Crippen LogP contribution in [-0.2, 0) is 5.41 Å². The second-order valence-corrected chi connectivity index (χ2v) is 21.9. The average Bonchev–Trinajstić information content (AvgIpc) is 2.80. The Morgan fingerprint density at radius 3 is 1.27 bits per heavy atom. The summed E-state index contributed by atoms with van der Waals surface area (Å²) in [4.78, 5) is 2.41. The quantitative estimate of drug-likeness (QED) is 0.138. The maximum atomic E-state index is 2.48. The Morgan fingerprint density at radius 2 is 0.646 bits per heavy atom. The van der Waals surface area contributed by atoms with E-state index < -0.39 is 5.41 Å². The Hall–Kier alpha value is -10.7. The van der Waals surface area contributed by atoms with Crippen LogP contribution in [0.3, 0.4) is 0 Å². The molecule has 0 saturated carbocycles. The third-order valence-electron chi connectivity index (χ3n) is 17.7. The van der Waals surface area contributed by atoms with Crippen molar-refractivity contribution in [2.24, 2.45) is 0 Å². The molecule has 0 bridgehead atoms. The number of hydrogen-bond acceptors (Lipinski definition) is 1. The first-order valence-electron chi connectivity index (χ1n) is 28.4. The summed E-state index contributed by atoms with van der Waals surface area (Å²) in [6, 6.07) is 115. The Kier molecular flexibility index (Phi) is 10.2. The van der Waals surface area contributed by atoms with Crippen LogP contribution in [0.4, 0.5) is 17.1 Å². The molecule has 2 heterocycles. The Morgan fingerprint density at radius 1 is 0.232 bits per heavy atom. The predicted molar refractivity (Wildman–Crippen MR) is 345 cm³/mol. The van der Waals surface area contributed by atoms with E-state index in [4.69, 9.17) is 0 Å². The van der Waals surface area contributed by atoms with Crippen LogP contribution in [0.1, 0.15) is 22.3 Å². The first kappa shape index (κ1) is 46.2. The van der Waals surface area contributed by atoms with Gasteiger partial charge in [0.1, 0.15) is 0 Å². The van der Waals surface area contributed by atoms with Gasteiger partial charge < -0.3 is 14.0 Å². The maximum Gasteiger partial charge on any atom is 0.0714 e. The summed E-state index contributed by atoms with van der Waals surface area (Å²) < 4.78 is 4.92. The molecule has 2 aromatic heterocycles. The third-order valence-corrected chi connectivity index (χ3v) is 17.7. The van der Waals surface area contributed by atoms with Gasteiger partial charge in [0.05, 0.1) is 27.5 Å². The first-order valence-corrected chi connectivity index (χ1v) is 28.4. The molecule has 0 spiro atoms. The van der Waals surface area contributed by atoms with Gasteiger partial charge in [0.25, 0.3) is 0 Å². The Balaban J connectivity index is 0.834. The molecule has 3 heteroatoms. The summed E-state index contributed by atoms with van der Waals surface area (Å²) >= 11 is 0. The molecule has 0 amide bonds. The third kappa shape index (κ3) is 6.77. The van der Waals surface area contributed by atoms with Crippen molar-refractivity contribution in [2.75, 3.05) is 4.90 Å². The molecule has 82 heavy (non-hydrogen) atoms. The second kappa shape index (κ2) is 18.2. The van der Waals surface area contributed by atoms with E-state index in [2.05, 4.69) is 323 Å². The lowest BCUT2D eigenvalue weighted by Gasteiger charge is -2.35. The largest absolute Gasteiger partial charge is 0.310 e. The van der Waals surface area contributed by atoms with Gasteiger partial charge in [0.15, 0.2) is 0 Å². The lowest BCUT2D eigenvalue weighted by atomic mass is 9.67. The van der Waals surface area contributed by atoms with Gasteiger partial charge in [-0.25, -0.2) is 0 Å². The first-order chi connectivity index (χ1) is 40.7. The molecule has 17 rings (SSSR count). The SMILES string of the molecule is c1ccc(N(c2ccc(-c3ccc4c(c3)c3cc(-n5c6ccccc6c6ccccc65)ccc3n4-c3ccc4c5ccccc5c5ccccc5c4c3)cc2)c2ccc3c(c2)C(c2ccccc2)(c2ccccc2)c2ccccc2-3)cc1. The highest BCUT2D eigenvalue weighted by atomic mass is 15.1. The number of nitrogens with zero attached hydrogens (tertiary/aromatic N) is 3. The molecule has 0 N–H and O–H groups in total. The van der Waals surface area contributed by atoms with Gasteiger partial charge in [-0.15, -0.1) is 0 Å². The number of anilines is 3. The molecule has 0 fully saturated rings. The van der Waals surface area contributed by atoms with E-state index in [1.165, 1.54) is 98.3 Å². The maximum absolute atomic E-state index is 2.48. The van der Waals surface area contributed by atoms with Crippen molar-refractivity contribution in [1.82, 2.24) is 9.13 Å². The van der Waals surface area contributed by atoms with E-state index in [0.717, 1.165) is 50.6 Å². The van der Waals surface area contributed by atoms with Gasteiger partial charge >= 0.3 is 0 Å². The smallest absolute Gasteiger partial charge is 0.0714 e. The van der Waals surface area contributed by atoms with Gasteiger partial charge in [0, 0.05) is 50.0 Å². The van der Waals surface area contributed by atoms with Crippen molar-refractivity contribution in [1.29, 1.82) is 0 Å². The van der Waals surface area contributed by atoms with E-state index in [9.17, 15) is 0 Å². The standard InChI is InChI=1S/C79H51N3/c1-4-20-54(21-5-1)79(55-22-6-2-7-23-55)73-33-17-14-30-66(73)67-45-42-60(51-74(67)79)80(56-24-8-3-9-25-56)57-39-36-52(37-40-57)53-38-46-77-71(48-53)72-50-59(81-75-34-18-15-31-68(75)69-32-16-19-35-76(69)81)43-47-78(72)82(77)58-41-44-65-63-28-11-10-26-61(63)62-27-12-13-29-64(62)70(65)49-58/h1-51H. The van der Waals surface area contributed by atoms with E-state index in [1.54, 1.807) is 0 Å². The lowest BCUT2D eigenvalue weighted by Crippen LogP contribution is -2.28. The van der Waals surface area contributed by atoms with Crippen molar-refractivity contribution in [3.05, 3.63) is 332 Å². The minimum absolute atomic E-state index is 0.514. The number of fused-ring (bicyclic) bond motifs is 15. The molecular weight excluding hydrogens is 991 g/mol. The number of para-hydroxylation sites is 3. The van der Waals surface area contributed by atoms with Gasteiger partial charge in [-0.1, -0.05) is 218 Å². The van der Waals surface area contributed by atoms with Crippen LogP contribution < -0.4 is 4.90 Å². The molecule has 0 saturated heterocycles. The van der Waals surface area contributed by atoms with Gasteiger partial charge in [0.2, 0.25) is 0 Å². The summed E-state index contributed by atoms with van der Waals surface area (Å²) in [6.45, 7) is 0. The number of hydrogen-bond donors (Lipinski definition) is 0. The van der Waals surface area contributed by atoms with Crippen molar-refractivity contribution < 1.29 is 0 Å². The summed E-state index contributed by atoms with van der Waals surface area (Å²) in [5.41, 5.74) is 19.7. The summed E-state index contributed by atoms with van der Waals surface area (Å²) in [5, 5.41) is 12.5. The average molecular weight is 1040 g/mol. The van der Waals surface area contributed by atoms with Crippen LogP contribution in [0.2, 0.25) is 0 Å². The summed E-state index contributed by atoms with van der Waals surface area (Å²) in [7, 11) is 0. The number of aromatic nitrogens is 2. The van der Waals surface area contributed by atoms with Crippen molar-refractivity contribution in [3.63, 3.8) is 0 Å². The topological polar surface area (TPSA) is 13.1 Å². The molecule has 1 aliphatic rings. The lowest BCUT2D eigenvalue weighted by molar-refractivity contribution is 0.768. The monoisotopic (exact) mass is 1040 g/mol. The molecule has 0 unspecified atom stereocenters. The molecule has 14 aromatic carbocycles. The normalized spacial score (nSPS) is 12.7. The van der Waals surface area contributed by atoms with Gasteiger partial charge in [-0.2, -0.15) is 0 Å². The van der Waals surface area contributed by atoms with Crippen LogP contribution in [0.25, 0.3) is 110 Å². The highest BCUT2D eigenvalue weighted by Gasteiger charge is 2.46. The van der Waals surface area contributed by atoms with Gasteiger partial charge in [-0.05, 0) is 168 Å². The molecule has 0 atom stereocenters. The molecule has 16 aromatic rings. The fourth-order valence-corrected chi connectivity index (χ4v) is 14.2. The van der Waals surface area contributed by atoms with Gasteiger partial charge in [-0.3, -0.25) is 0 Å². The van der Waals surface area contributed by atoms with Crippen LogP contribution in [-0.4, -0.2) is 9.13 Å². The highest BCUT2D eigenvalue weighted by Crippen LogP contribution is 2.57. The van der Waals surface area contributed by atoms with E-state index in [0.29, 0.717) is 0 Å². The van der Waals surface area contributed by atoms with Crippen molar-refractivity contribution in [3.8, 4) is 33.6 Å². The fraction of sp³-hybridized carbons (Fsp3) is 0.0127. The Bertz CT molecular complexity index is 5080. The highest BCUT2D eigenvalue weighted by molar-refractivity contribution is 6.26. The molecule has 0 aliphatic heterocycles. The van der Waals surface area contributed by atoms with Crippen molar-refractivity contribution >= 4 is 93.0 Å². The molecule has 382 valence electrons. The minimum Gasteiger partial charge on any atom is -0.310 e. The molecule has 0 radical (unpaired) electrons. The minimum atomic E-state index is -0.514. The summed E-state index contributed by atoms with van der Waals surface area (Å²) in [6.07, 6.45) is 0. The molecular formula is C79H51N3. The summed E-state index contributed by atoms with van der Waals surface area (Å²) in [5.74, 6) is 0. The molecule has 1 aliphatic carbocycles. The zero-order chi connectivity index (χ0) is 53.9. The number of benzene rings is 14. The van der Waals surface area contributed by atoms with Crippen LogP contribution >= 0.6 is 0 Å². The zero-order valence-corrected chi connectivity index (χ0v) is 44.8. The van der Waals surface area contributed by atoms with Crippen molar-refractivity contribution in [2.45, 2.75) is 5.41 Å². The van der Waals surface area contributed by atoms with E-state index in [-0.39, 0.29) is 0 Å². The Labute approximate surface area is 475 Å². The van der Waals surface area contributed by atoms with Crippen LogP contribution in [0.5, 0.6) is 0 Å². The van der Waals surface area contributed by atoms with Crippen LogP contribution in [0.15, 0.2) is 309 Å². The van der Waals surface area contributed by atoms with E-state index in [1.807, 2.05) is 0 Å². The second-order valence-electron chi connectivity index (χ2n) is 21.9. The number of rotatable bonds is 8. The van der Waals surface area contributed by atoms with E-state index >= 15 is 0 Å². The molecule has 3 nitrogen and oxygen atoms in total. The fourth-order valence-electron chi connectivity index (χ4n) is 14.2. The zero-order valence-electron chi connectivity index (χ0n) is 44.8. The predicted octanol–water partition coefficient (Wildman–Crippen LogP) is 20.8. The van der Waals surface area contributed by atoms with Crippen LogP contribution in [0, 0.1) is 0 Å².